The molecule has 0 aliphatic rings. The van der Waals surface area contributed by atoms with Crippen LogP contribution in [0.4, 0.5) is 0 Å². The number of aromatic amines is 1. The van der Waals surface area contributed by atoms with Gasteiger partial charge in [0.15, 0.2) is 0 Å². The topological polar surface area (TPSA) is 37.9 Å². The van der Waals surface area contributed by atoms with Crippen LogP contribution < -0.4 is 4.74 Å². The summed E-state index contributed by atoms with van der Waals surface area (Å²) in [6.45, 7) is 4.77. The van der Waals surface area contributed by atoms with E-state index in [9.17, 15) is 0 Å². The maximum atomic E-state index is 5.21. The highest BCUT2D eigenvalue weighted by Gasteiger charge is 1.97. The molecule has 1 aromatic heterocycles. The molecule has 0 unspecified atom stereocenters. The van der Waals surface area contributed by atoms with Gasteiger partial charge in [0.2, 0.25) is 5.88 Å². The SMILES string of the molecule is CCCc1ncc(OCC)[nH]1. The first-order chi connectivity index (χ1) is 5.36. The first kappa shape index (κ1) is 8.11. The van der Waals surface area contributed by atoms with Crippen LogP contribution in [0.3, 0.4) is 0 Å². The number of ether oxygens (including phenoxy) is 1. The summed E-state index contributed by atoms with van der Waals surface area (Å²) in [5, 5.41) is 0. The van der Waals surface area contributed by atoms with E-state index in [-0.39, 0.29) is 0 Å². The van der Waals surface area contributed by atoms with E-state index in [4.69, 9.17) is 4.74 Å². The number of aromatic nitrogens is 2. The zero-order chi connectivity index (χ0) is 8.10. The van der Waals surface area contributed by atoms with Crippen LogP contribution in [-0.2, 0) is 6.42 Å². The predicted octanol–water partition coefficient (Wildman–Crippen LogP) is 1.76. The van der Waals surface area contributed by atoms with Crippen LogP contribution in [0.2, 0.25) is 0 Å². The molecule has 0 bridgehead atoms. The molecule has 0 radical (unpaired) electrons. The molecule has 1 aromatic rings. The van der Waals surface area contributed by atoms with Gasteiger partial charge in [0.05, 0.1) is 12.8 Å². The normalized spacial score (nSPS) is 10.0. The van der Waals surface area contributed by atoms with Crippen LogP contribution in [0.5, 0.6) is 5.88 Å². The Hall–Kier alpha value is -0.990. The number of rotatable bonds is 4. The maximum absolute atomic E-state index is 5.21. The minimum absolute atomic E-state index is 0.688. The molecule has 0 saturated carbocycles. The van der Waals surface area contributed by atoms with Crippen LogP contribution in [-0.4, -0.2) is 16.6 Å². The van der Waals surface area contributed by atoms with Gasteiger partial charge in [-0.15, -0.1) is 0 Å². The molecule has 3 nitrogen and oxygen atoms in total. The maximum Gasteiger partial charge on any atom is 0.211 e. The molecule has 62 valence electrons. The van der Waals surface area contributed by atoms with Crippen molar-refractivity contribution in [3.05, 3.63) is 12.0 Å². The van der Waals surface area contributed by atoms with E-state index >= 15 is 0 Å². The second-order valence-electron chi connectivity index (χ2n) is 2.38. The van der Waals surface area contributed by atoms with Gasteiger partial charge in [0.25, 0.3) is 0 Å². The molecule has 0 aromatic carbocycles. The summed E-state index contributed by atoms with van der Waals surface area (Å²) >= 11 is 0. The Labute approximate surface area is 66.8 Å². The van der Waals surface area contributed by atoms with E-state index in [0.717, 1.165) is 24.5 Å². The summed E-state index contributed by atoms with van der Waals surface area (Å²) in [6.07, 6.45) is 3.83. The third-order valence-electron chi connectivity index (χ3n) is 1.39. The number of hydrogen-bond donors (Lipinski definition) is 1. The third kappa shape index (κ3) is 2.26. The van der Waals surface area contributed by atoms with Crippen molar-refractivity contribution in [2.45, 2.75) is 26.7 Å². The lowest BCUT2D eigenvalue weighted by Crippen LogP contribution is -1.91. The smallest absolute Gasteiger partial charge is 0.211 e. The molecule has 11 heavy (non-hydrogen) atoms. The number of nitrogens with zero attached hydrogens (tertiary/aromatic N) is 1. The van der Waals surface area contributed by atoms with Gasteiger partial charge in [-0.3, -0.25) is 0 Å². The van der Waals surface area contributed by atoms with E-state index in [0.29, 0.717) is 6.61 Å². The summed E-state index contributed by atoms with van der Waals surface area (Å²) in [6, 6.07) is 0. The fraction of sp³-hybridized carbons (Fsp3) is 0.625. The fourth-order valence-electron chi connectivity index (χ4n) is 0.936. The van der Waals surface area contributed by atoms with Crippen LogP contribution in [0.1, 0.15) is 26.1 Å². The lowest BCUT2D eigenvalue weighted by Gasteiger charge is -1.95. The third-order valence-corrected chi connectivity index (χ3v) is 1.39. The van der Waals surface area contributed by atoms with Crippen LogP contribution in [0.25, 0.3) is 0 Å². The van der Waals surface area contributed by atoms with Crippen molar-refractivity contribution >= 4 is 0 Å². The van der Waals surface area contributed by atoms with Gasteiger partial charge in [-0.25, -0.2) is 4.98 Å². The highest BCUT2D eigenvalue weighted by Crippen LogP contribution is 2.06. The van der Waals surface area contributed by atoms with Gasteiger partial charge in [0.1, 0.15) is 5.82 Å². The second-order valence-corrected chi connectivity index (χ2v) is 2.38. The molecule has 0 amide bonds. The van der Waals surface area contributed by atoms with Crippen LogP contribution in [0, 0.1) is 0 Å². The van der Waals surface area contributed by atoms with Gasteiger partial charge in [0, 0.05) is 6.42 Å². The molecule has 0 saturated heterocycles. The Morgan fingerprint density at radius 3 is 3.00 bits per heavy atom. The standard InChI is InChI=1S/C8H14N2O/c1-3-5-7-9-6-8(10-7)11-4-2/h6H,3-5H2,1-2H3,(H,9,10). The molecule has 0 aliphatic carbocycles. The van der Waals surface area contributed by atoms with Crippen molar-refractivity contribution in [3.8, 4) is 5.88 Å². The van der Waals surface area contributed by atoms with Crippen molar-refractivity contribution in [2.24, 2.45) is 0 Å². The van der Waals surface area contributed by atoms with Gasteiger partial charge in [-0.05, 0) is 13.3 Å². The average Bonchev–Trinajstić information content (AvgIpc) is 2.38. The minimum atomic E-state index is 0.688. The minimum Gasteiger partial charge on any atom is -0.478 e. The zero-order valence-corrected chi connectivity index (χ0v) is 7.05. The van der Waals surface area contributed by atoms with Crippen LogP contribution >= 0.6 is 0 Å². The van der Waals surface area contributed by atoms with Crippen molar-refractivity contribution in [1.29, 1.82) is 0 Å². The molecule has 1 N–H and O–H groups in total. The van der Waals surface area contributed by atoms with Crippen molar-refractivity contribution in [3.63, 3.8) is 0 Å². The summed E-state index contributed by atoms with van der Waals surface area (Å²) in [4.78, 5) is 7.23. The molecular formula is C8H14N2O. The molecule has 3 heteroatoms. The van der Waals surface area contributed by atoms with Gasteiger partial charge < -0.3 is 9.72 Å². The summed E-state index contributed by atoms with van der Waals surface area (Å²) in [7, 11) is 0. The molecule has 0 fully saturated rings. The molecule has 0 atom stereocenters. The van der Waals surface area contributed by atoms with Crippen molar-refractivity contribution in [1.82, 2.24) is 9.97 Å². The van der Waals surface area contributed by atoms with E-state index in [2.05, 4.69) is 16.9 Å². The van der Waals surface area contributed by atoms with E-state index < -0.39 is 0 Å². The average molecular weight is 154 g/mol. The Bertz CT molecular complexity index is 187. The van der Waals surface area contributed by atoms with E-state index in [1.165, 1.54) is 0 Å². The van der Waals surface area contributed by atoms with E-state index in [1.54, 1.807) is 6.20 Å². The zero-order valence-electron chi connectivity index (χ0n) is 7.05. The second kappa shape index (κ2) is 4.01. The lowest BCUT2D eigenvalue weighted by molar-refractivity contribution is 0.328. The first-order valence-electron chi connectivity index (χ1n) is 4.03. The van der Waals surface area contributed by atoms with Gasteiger partial charge >= 0.3 is 0 Å². The van der Waals surface area contributed by atoms with Gasteiger partial charge in [-0.2, -0.15) is 0 Å². The highest BCUT2D eigenvalue weighted by molar-refractivity contribution is 5.07. The largest absolute Gasteiger partial charge is 0.478 e. The Kier molecular flexibility index (Phi) is 2.95. The summed E-state index contributed by atoms with van der Waals surface area (Å²) in [5.41, 5.74) is 0. The molecule has 0 spiro atoms. The molecule has 0 aliphatic heterocycles. The predicted molar refractivity (Wildman–Crippen MR) is 43.8 cm³/mol. The highest BCUT2D eigenvalue weighted by atomic mass is 16.5. The number of H-pyrrole nitrogens is 1. The Morgan fingerprint density at radius 1 is 1.55 bits per heavy atom. The molecule has 1 rings (SSSR count). The van der Waals surface area contributed by atoms with Crippen molar-refractivity contribution < 1.29 is 4.74 Å². The summed E-state index contributed by atoms with van der Waals surface area (Å²) < 4.78 is 5.21. The quantitative estimate of drug-likeness (QED) is 0.717. The number of imidazole rings is 1. The van der Waals surface area contributed by atoms with E-state index in [1.807, 2.05) is 6.92 Å². The van der Waals surface area contributed by atoms with Crippen molar-refractivity contribution in [2.75, 3.05) is 6.61 Å². The monoisotopic (exact) mass is 154 g/mol. The molecule has 1 heterocycles. The first-order valence-corrected chi connectivity index (χ1v) is 4.03. The van der Waals surface area contributed by atoms with Gasteiger partial charge in [-0.1, -0.05) is 6.92 Å². The molecular weight excluding hydrogens is 140 g/mol. The number of nitrogens with one attached hydrogen (secondary N) is 1. The Balaban J connectivity index is 2.51. The number of aryl methyl sites for hydroxylation is 1. The van der Waals surface area contributed by atoms with Crippen LogP contribution in [0.15, 0.2) is 6.20 Å². The summed E-state index contributed by atoms with van der Waals surface area (Å²) in [5.74, 6) is 1.78. The Morgan fingerprint density at radius 2 is 2.36 bits per heavy atom. The number of hydrogen-bond acceptors (Lipinski definition) is 2. The lowest BCUT2D eigenvalue weighted by atomic mass is 10.3. The fourth-order valence-corrected chi connectivity index (χ4v) is 0.936.